The molecule has 0 aliphatic rings. The summed E-state index contributed by atoms with van der Waals surface area (Å²) in [6, 6.07) is 7.68. The first-order valence-electron chi connectivity index (χ1n) is 5.91. The number of aryl methyl sites for hydroxylation is 1. The molecule has 0 radical (unpaired) electrons. The molecule has 0 unspecified atom stereocenters. The molecule has 0 atom stereocenters. The second kappa shape index (κ2) is 5.35. The van der Waals surface area contributed by atoms with Crippen molar-refractivity contribution in [2.75, 3.05) is 0 Å². The third kappa shape index (κ3) is 2.58. The molecule has 19 heavy (non-hydrogen) atoms. The minimum absolute atomic E-state index is 0.0136. The van der Waals surface area contributed by atoms with Gasteiger partial charge < -0.3 is 0 Å². The van der Waals surface area contributed by atoms with E-state index in [0.717, 1.165) is 17.5 Å². The van der Waals surface area contributed by atoms with Crippen molar-refractivity contribution in [2.24, 2.45) is 0 Å². The highest BCUT2D eigenvalue weighted by Gasteiger charge is 2.22. The van der Waals surface area contributed by atoms with Crippen LogP contribution >= 0.6 is 0 Å². The average Bonchev–Trinajstić information content (AvgIpc) is 2.79. The molecule has 2 aromatic rings. The van der Waals surface area contributed by atoms with Crippen molar-refractivity contribution in [3.8, 4) is 0 Å². The van der Waals surface area contributed by atoms with Crippen molar-refractivity contribution < 1.29 is 8.42 Å². The van der Waals surface area contributed by atoms with Crippen LogP contribution in [-0.4, -0.2) is 27.6 Å². The molecular weight excluding hydrogens is 268 g/mol. The van der Waals surface area contributed by atoms with Crippen LogP contribution in [0.5, 0.6) is 0 Å². The number of benzene rings is 1. The fourth-order valence-corrected chi connectivity index (χ4v) is 2.68. The van der Waals surface area contributed by atoms with Crippen molar-refractivity contribution >= 4 is 10.0 Å². The van der Waals surface area contributed by atoms with Gasteiger partial charge in [-0.1, -0.05) is 35.6 Å². The predicted molar refractivity (Wildman–Crippen MR) is 68.2 cm³/mol. The Morgan fingerprint density at radius 2 is 1.84 bits per heavy atom. The molecule has 0 spiro atoms. The Labute approximate surface area is 110 Å². The summed E-state index contributed by atoms with van der Waals surface area (Å²) in [7, 11) is -3.96. The van der Waals surface area contributed by atoms with Gasteiger partial charge in [-0.05, 0) is 29.0 Å². The fourth-order valence-electron chi connectivity index (χ4n) is 1.55. The Morgan fingerprint density at radius 1 is 1.16 bits per heavy atom. The van der Waals surface area contributed by atoms with E-state index < -0.39 is 15.7 Å². The molecule has 0 aliphatic heterocycles. The lowest BCUT2D eigenvalue weighted by atomic mass is 10.3. The second-order valence-corrected chi connectivity index (χ2v) is 5.77. The van der Waals surface area contributed by atoms with E-state index in [2.05, 4.69) is 10.4 Å². The van der Waals surface area contributed by atoms with Gasteiger partial charge in [0.1, 0.15) is 0 Å². The zero-order valence-corrected chi connectivity index (χ0v) is 11.2. The second-order valence-electron chi connectivity index (χ2n) is 4.00. The zero-order chi connectivity index (χ0) is 13.9. The molecule has 8 heteroatoms. The predicted octanol–water partition coefficient (Wildman–Crippen LogP) is 0.477. The Morgan fingerprint density at radius 3 is 2.47 bits per heavy atom. The Hall–Kier alpha value is -1.96. The van der Waals surface area contributed by atoms with Crippen LogP contribution < -0.4 is 5.69 Å². The number of hydrogen-bond acceptors (Lipinski definition) is 5. The largest absolute Gasteiger partial charge is 0.378 e. The molecule has 1 heterocycles. The quantitative estimate of drug-likeness (QED) is 0.796. The third-order valence-corrected chi connectivity index (χ3v) is 4.16. The fraction of sp³-hybridized carbons (Fsp3) is 0.364. The number of unbranched alkanes of at least 4 members (excludes halogenated alkanes) is 1. The summed E-state index contributed by atoms with van der Waals surface area (Å²) in [5.41, 5.74) is -0.739. The van der Waals surface area contributed by atoms with Crippen LogP contribution in [0.2, 0.25) is 0 Å². The van der Waals surface area contributed by atoms with Gasteiger partial charge in [0.25, 0.3) is 10.0 Å². The van der Waals surface area contributed by atoms with Crippen molar-refractivity contribution in [1.29, 1.82) is 0 Å². The minimum atomic E-state index is -3.96. The summed E-state index contributed by atoms with van der Waals surface area (Å²) < 4.78 is 25.9. The van der Waals surface area contributed by atoms with E-state index in [0.29, 0.717) is 10.6 Å². The Bertz CT molecular complexity index is 703. The maximum Gasteiger partial charge on any atom is 0.378 e. The minimum Gasteiger partial charge on any atom is -0.243 e. The molecule has 1 aromatic heterocycles. The lowest BCUT2D eigenvalue weighted by Gasteiger charge is -2.00. The van der Waals surface area contributed by atoms with Gasteiger partial charge in [-0.3, -0.25) is 0 Å². The number of hydrogen-bond donors (Lipinski definition) is 0. The lowest BCUT2D eigenvalue weighted by Crippen LogP contribution is -2.30. The number of tetrazole rings is 1. The average molecular weight is 282 g/mol. The van der Waals surface area contributed by atoms with Crippen molar-refractivity contribution in [3.63, 3.8) is 0 Å². The van der Waals surface area contributed by atoms with Gasteiger partial charge in [0.05, 0.1) is 4.90 Å². The molecular formula is C11H14N4O3S. The van der Waals surface area contributed by atoms with E-state index in [9.17, 15) is 13.2 Å². The van der Waals surface area contributed by atoms with Crippen LogP contribution in [0.25, 0.3) is 0 Å². The van der Waals surface area contributed by atoms with Crippen molar-refractivity contribution in [1.82, 2.24) is 19.2 Å². The highest BCUT2D eigenvalue weighted by molar-refractivity contribution is 7.89. The van der Waals surface area contributed by atoms with Gasteiger partial charge in [-0.2, -0.15) is 13.1 Å². The van der Waals surface area contributed by atoms with Gasteiger partial charge >= 0.3 is 5.69 Å². The van der Waals surface area contributed by atoms with Crippen molar-refractivity contribution in [2.45, 2.75) is 31.2 Å². The molecule has 0 fully saturated rings. The highest BCUT2D eigenvalue weighted by atomic mass is 32.2. The molecule has 0 saturated carbocycles. The first-order valence-corrected chi connectivity index (χ1v) is 7.35. The highest BCUT2D eigenvalue weighted by Crippen LogP contribution is 2.09. The first kappa shape index (κ1) is 13.5. The van der Waals surface area contributed by atoms with Crippen LogP contribution in [0, 0.1) is 0 Å². The van der Waals surface area contributed by atoms with Crippen LogP contribution in [-0.2, 0) is 16.6 Å². The molecule has 1 aromatic carbocycles. The summed E-state index contributed by atoms with van der Waals surface area (Å²) >= 11 is 0. The molecule has 0 bridgehead atoms. The topological polar surface area (TPSA) is 86.8 Å². The van der Waals surface area contributed by atoms with Crippen LogP contribution in [0.1, 0.15) is 19.8 Å². The standard InChI is InChI=1S/C11H14N4O3S/c1-2-3-9-14-11(16)15(13-12-14)19(17,18)10-7-5-4-6-8-10/h4-8H,2-3,9H2,1H3. The molecule has 0 N–H and O–H groups in total. The van der Waals surface area contributed by atoms with E-state index >= 15 is 0 Å². The summed E-state index contributed by atoms with van der Waals surface area (Å²) in [4.78, 5) is 11.9. The van der Waals surface area contributed by atoms with E-state index in [1.807, 2.05) is 6.92 Å². The van der Waals surface area contributed by atoms with Crippen LogP contribution in [0.15, 0.2) is 40.0 Å². The molecule has 0 amide bonds. The SMILES string of the molecule is CCCCn1nnn(S(=O)(=O)c2ccccc2)c1=O. The summed E-state index contributed by atoms with van der Waals surface area (Å²) in [5.74, 6) is 0. The normalized spacial score (nSPS) is 11.6. The maximum absolute atomic E-state index is 12.2. The molecule has 0 aliphatic carbocycles. The van der Waals surface area contributed by atoms with E-state index in [-0.39, 0.29) is 4.90 Å². The summed E-state index contributed by atoms with van der Waals surface area (Å²) in [6.45, 7) is 2.33. The number of aromatic nitrogens is 4. The van der Waals surface area contributed by atoms with E-state index in [4.69, 9.17) is 0 Å². The van der Waals surface area contributed by atoms with Gasteiger partial charge in [0.2, 0.25) is 0 Å². The lowest BCUT2D eigenvalue weighted by molar-refractivity contribution is 0.540. The van der Waals surface area contributed by atoms with E-state index in [1.54, 1.807) is 18.2 Å². The summed E-state index contributed by atoms with van der Waals surface area (Å²) in [6.07, 6.45) is 1.62. The van der Waals surface area contributed by atoms with Gasteiger partial charge in [-0.15, -0.1) is 0 Å². The first-order chi connectivity index (χ1) is 9.07. The maximum atomic E-state index is 12.2. The molecule has 2 rings (SSSR count). The van der Waals surface area contributed by atoms with Gasteiger partial charge in [0.15, 0.2) is 0 Å². The smallest absolute Gasteiger partial charge is 0.243 e. The van der Waals surface area contributed by atoms with Crippen LogP contribution in [0.4, 0.5) is 0 Å². The number of nitrogens with zero attached hydrogens (tertiary/aromatic N) is 4. The molecule has 0 saturated heterocycles. The third-order valence-electron chi connectivity index (χ3n) is 2.61. The zero-order valence-electron chi connectivity index (χ0n) is 10.4. The Kier molecular flexibility index (Phi) is 3.79. The van der Waals surface area contributed by atoms with Crippen molar-refractivity contribution in [3.05, 3.63) is 40.8 Å². The Balaban J connectivity index is 2.43. The monoisotopic (exact) mass is 282 g/mol. The molecule has 102 valence electrons. The van der Waals surface area contributed by atoms with E-state index in [1.165, 1.54) is 12.1 Å². The van der Waals surface area contributed by atoms with Crippen LogP contribution in [0.3, 0.4) is 0 Å². The number of rotatable bonds is 5. The van der Waals surface area contributed by atoms with Gasteiger partial charge in [0, 0.05) is 6.54 Å². The summed E-state index contributed by atoms with van der Waals surface area (Å²) in [5, 5.41) is 7.03. The van der Waals surface area contributed by atoms with Gasteiger partial charge in [-0.25, -0.2) is 4.79 Å². The molecule has 7 nitrogen and oxygen atoms in total.